The lowest BCUT2D eigenvalue weighted by atomic mass is 10.1. The maximum Gasteiger partial charge on any atom is 0.416 e. The molecule has 1 saturated heterocycles. The van der Waals surface area contributed by atoms with Crippen molar-refractivity contribution in [3.05, 3.63) is 72.1 Å². The van der Waals surface area contributed by atoms with E-state index in [2.05, 4.69) is 26.3 Å². The number of carbonyl (C=O) groups excluding carboxylic acids is 2. The highest BCUT2D eigenvalue weighted by atomic mass is 19.4. The molecule has 3 aromatic rings. The summed E-state index contributed by atoms with van der Waals surface area (Å²) in [6.07, 6.45) is -1.27. The number of nitrogens with zero attached hydrogens (tertiary/aromatic N) is 1. The van der Waals surface area contributed by atoms with E-state index in [0.29, 0.717) is 17.2 Å². The maximum absolute atomic E-state index is 13.3. The number of rotatable bonds is 8. The summed E-state index contributed by atoms with van der Waals surface area (Å²) in [5.74, 6) is 0.454. The average Bonchev–Trinajstić information content (AvgIpc) is 3.41. The summed E-state index contributed by atoms with van der Waals surface area (Å²) >= 11 is 0. The van der Waals surface area contributed by atoms with Crippen LogP contribution < -0.4 is 30.7 Å². The molecule has 0 aliphatic carbocycles. The Labute approximate surface area is 216 Å². The minimum atomic E-state index is -4.59. The van der Waals surface area contributed by atoms with Crippen molar-refractivity contribution in [3.63, 3.8) is 0 Å². The topological polar surface area (TPSA) is 114 Å². The molecule has 1 aliphatic rings. The molecule has 38 heavy (non-hydrogen) atoms. The van der Waals surface area contributed by atoms with Crippen LogP contribution in [0.3, 0.4) is 0 Å². The lowest BCUT2D eigenvalue weighted by molar-refractivity contribution is -0.137. The highest BCUT2D eigenvalue weighted by Crippen LogP contribution is 2.35. The number of hydrogen-bond donors (Lipinski definition) is 4. The van der Waals surface area contributed by atoms with Crippen LogP contribution in [0.4, 0.5) is 29.3 Å². The first-order valence-electron chi connectivity index (χ1n) is 11.8. The van der Waals surface area contributed by atoms with Gasteiger partial charge in [-0.3, -0.25) is 9.78 Å². The van der Waals surface area contributed by atoms with Gasteiger partial charge in [0.2, 0.25) is 0 Å². The number of pyridine rings is 1. The normalized spacial score (nSPS) is 15.0. The van der Waals surface area contributed by atoms with Crippen LogP contribution in [0, 0.1) is 0 Å². The minimum absolute atomic E-state index is 0.0922. The molecule has 0 saturated carbocycles. The fourth-order valence-electron chi connectivity index (χ4n) is 3.80. The first-order valence-corrected chi connectivity index (χ1v) is 11.8. The molecule has 1 unspecified atom stereocenters. The molecule has 1 aliphatic heterocycles. The van der Waals surface area contributed by atoms with Crippen molar-refractivity contribution in [2.45, 2.75) is 25.1 Å². The first kappa shape index (κ1) is 26.7. The van der Waals surface area contributed by atoms with Crippen LogP contribution in [0.25, 0.3) is 0 Å². The summed E-state index contributed by atoms with van der Waals surface area (Å²) in [5, 5.41) is 10.8. The number of benzene rings is 2. The Morgan fingerprint density at radius 2 is 1.89 bits per heavy atom. The van der Waals surface area contributed by atoms with Crippen molar-refractivity contribution in [1.82, 2.24) is 15.6 Å². The zero-order valence-electron chi connectivity index (χ0n) is 20.4. The second-order valence-electron chi connectivity index (χ2n) is 8.48. The number of nitrogens with one attached hydrogen (secondary N) is 4. The molecule has 200 valence electrons. The smallest absolute Gasteiger partial charge is 0.416 e. The Kier molecular flexibility index (Phi) is 8.31. The average molecular weight is 530 g/mol. The van der Waals surface area contributed by atoms with Gasteiger partial charge in [-0.25, -0.2) is 4.79 Å². The molecular formula is C26H26F3N5O4. The van der Waals surface area contributed by atoms with Gasteiger partial charge in [0, 0.05) is 37.1 Å². The van der Waals surface area contributed by atoms with Gasteiger partial charge >= 0.3 is 12.2 Å². The number of halogens is 3. The van der Waals surface area contributed by atoms with Gasteiger partial charge in [-0.15, -0.1) is 0 Å². The maximum atomic E-state index is 13.3. The van der Waals surface area contributed by atoms with E-state index in [-0.39, 0.29) is 35.7 Å². The van der Waals surface area contributed by atoms with Crippen molar-refractivity contribution < 1.29 is 32.2 Å². The Morgan fingerprint density at radius 1 is 1.08 bits per heavy atom. The molecule has 2 heterocycles. The molecule has 1 atom stereocenters. The predicted molar refractivity (Wildman–Crippen MR) is 135 cm³/mol. The SMILES string of the molecule is CNC(=O)c1cc(Oc2cccc(NC(=O)Nc3cc(C(F)(F)F)ccc3OCC3CCCN3)c2)ccn1. The van der Waals surface area contributed by atoms with Gasteiger partial charge in [-0.2, -0.15) is 13.2 Å². The van der Waals surface area contributed by atoms with Crippen LogP contribution >= 0.6 is 0 Å². The summed E-state index contributed by atoms with van der Waals surface area (Å²) in [6, 6.07) is 11.7. The lowest BCUT2D eigenvalue weighted by Crippen LogP contribution is -2.28. The Morgan fingerprint density at radius 3 is 2.63 bits per heavy atom. The number of aromatic nitrogens is 1. The Balaban J connectivity index is 1.45. The molecule has 9 nitrogen and oxygen atoms in total. The van der Waals surface area contributed by atoms with E-state index in [1.54, 1.807) is 24.3 Å². The van der Waals surface area contributed by atoms with E-state index in [4.69, 9.17) is 9.47 Å². The van der Waals surface area contributed by atoms with Crippen molar-refractivity contribution in [3.8, 4) is 17.2 Å². The number of urea groups is 1. The van der Waals surface area contributed by atoms with E-state index < -0.39 is 17.8 Å². The molecule has 2 aromatic carbocycles. The van der Waals surface area contributed by atoms with Crippen molar-refractivity contribution >= 4 is 23.3 Å². The number of amides is 3. The zero-order chi connectivity index (χ0) is 27.1. The number of ether oxygens (including phenoxy) is 2. The molecule has 0 bridgehead atoms. The van der Waals surface area contributed by atoms with E-state index in [1.165, 1.54) is 31.4 Å². The predicted octanol–water partition coefficient (Wildman–Crippen LogP) is 5.03. The van der Waals surface area contributed by atoms with Crippen LogP contribution in [0.1, 0.15) is 28.9 Å². The van der Waals surface area contributed by atoms with Crippen LogP contribution in [0.5, 0.6) is 17.2 Å². The van der Waals surface area contributed by atoms with Crippen LogP contribution in [-0.4, -0.2) is 43.2 Å². The molecule has 12 heteroatoms. The second-order valence-corrected chi connectivity index (χ2v) is 8.48. The summed E-state index contributed by atoms with van der Waals surface area (Å²) in [4.78, 5) is 28.5. The highest BCUT2D eigenvalue weighted by Gasteiger charge is 2.31. The van der Waals surface area contributed by atoms with Gasteiger partial charge < -0.3 is 30.7 Å². The van der Waals surface area contributed by atoms with Crippen LogP contribution in [-0.2, 0) is 6.18 Å². The summed E-state index contributed by atoms with van der Waals surface area (Å²) in [7, 11) is 1.49. The summed E-state index contributed by atoms with van der Waals surface area (Å²) in [5.41, 5.74) is -0.532. The van der Waals surface area contributed by atoms with Gasteiger partial charge in [-0.1, -0.05) is 6.07 Å². The Bertz CT molecular complexity index is 1300. The van der Waals surface area contributed by atoms with Gasteiger partial charge in [0.15, 0.2) is 0 Å². The minimum Gasteiger partial charge on any atom is -0.490 e. The number of carbonyl (C=O) groups is 2. The molecular weight excluding hydrogens is 503 g/mol. The second kappa shape index (κ2) is 11.8. The Hall–Kier alpha value is -4.32. The lowest BCUT2D eigenvalue weighted by Gasteiger charge is -2.18. The molecule has 4 N–H and O–H groups in total. The van der Waals surface area contributed by atoms with Crippen molar-refractivity contribution in [1.29, 1.82) is 0 Å². The van der Waals surface area contributed by atoms with Gasteiger partial charge in [-0.05, 0) is 55.8 Å². The number of alkyl halides is 3. The zero-order valence-corrected chi connectivity index (χ0v) is 20.4. The highest BCUT2D eigenvalue weighted by molar-refractivity contribution is 6.00. The summed E-state index contributed by atoms with van der Waals surface area (Å²) < 4.78 is 51.4. The monoisotopic (exact) mass is 529 g/mol. The van der Waals surface area contributed by atoms with Gasteiger partial charge in [0.05, 0.1) is 11.3 Å². The van der Waals surface area contributed by atoms with E-state index in [9.17, 15) is 22.8 Å². The van der Waals surface area contributed by atoms with Crippen LogP contribution in [0.2, 0.25) is 0 Å². The third kappa shape index (κ3) is 7.13. The number of anilines is 2. The van der Waals surface area contributed by atoms with E-state index in [0.717, 1.165) is 31.5 Å². The van der Waals surface area contributed by atoms with Crippen LogP contribution in [0.15, 0.2) is 60.8 Å². The molecule has 4 rings (SSSR count). The van der Waals surface area contributed by atoms with E-state index >= 15 is 0 Å². The first-order chi connectivity index (χ1) is 18.2. The molecule has 1 aromatic heterocycles. The summed E-state index contributed by atoms with van der Waals surface area (Å²) in [6.45, 7) is 1.12. The van der Waals surface area contributed by atoms with Gasteiger partial charge in [0.25, 0.3) is 5.91 Å². The molecule has 1 fully saturated rings. The molecule has 0 spiro atoms. The standard InChI is InChI=1S/C26H26F3N5O4/c1-30-24(35)22-14-20(9-11-32-22)38-19-6-2-4-17(13-19)33-25(36)34-21-12-16(26(27,28)29)7-8-23(21)37-15-18-5-3-10-31-18/h2,4,6-9,11-14,18,31H,3,5,10,15H2,1H3,(H,30,35)(H2,33,34,36). The third-order valence-corrected chi connectivity index (χ3v) is 5.68. The fraction of sp³-hybridized carbons (Fsp3) is 0.269. The molecule has 0 radical (unpaired) electrons. The van der Waals surface area contributed by atoms with Crippen molar-refractivity contribution in [2.24, 2.45) is 0 Å². The third-order valence-electron chi connectivity index (χ3n) is 5.68. The van der Waals surface area contributed by atoms with E-state index in [1.807, 2.05) is 0 Å². The van der Waals surface area contributed by atoms with Gasteiger partial charge in [0.1, 0.15) is 29.5 Å². The number of hydrogen-bond acceptors (Lipinski definition) is 6. The quantitative estimate of drug-likeness (QED) is 0.326. The molecule has 3 amide bonds. The largest absolute Gasteiger partial charge is 0.490 e. The fourth-order valence-corrected chi connectivity index (χ4v) is 3.80. The van der Waals surface area contributed by atoms with Crippen molar-refractivity contribution in [2.75, 3.05) is 30.8 Å².